The summed E-state index contributed by atoms with van der Waals surface area (Å²) in [6.45, 7) is 5.05. The quantitative estimate of drug-likeness (QED) is 0.811. The predicted octanol–water partition coefficient (Wildman–Crippen LogP) is 2.98. The Labute approximate surface area is 137 Å². The molecule has 23 heavy (non-hydrogen) atoms. The molecule has 0 aliphatic carbocycles. The van der Waals surface area contributed by atoms with E-state index in [1.165, 1.54) is 0 Å². The lowest BCUT2D eigenvalue weighted by Gasteiger charge is -2.29. The first-order chi connectivity index (χ1) is 11.1. The van der Waals surface area contributed by atoms with Crippen molar-refractivity contribution in [3.8, 4) is 0 Å². The van der Waals surface area contributed by atoms with Crippen LogP contribution in [0.15, 0.2) is 48.8 Å². The Morgan fingerprint density at radius 1 is 1.04 bits per heavy atom. The molecule has 0 saturated carbocycles. The Hall–Kier alpha value is -2.27. The van der Waals surface area contributed by atoms with E-state index in [-0.39, 0.29) is 0 Å². The van der Waals surface area contributed by atoms with E-state index in [9.17, 15) is 9.90 Å². The monoisotopic (exact) mass is 313 g/mol. The van der Waals surface area contributed by atoms with E-state index in [0.29, 0.717) is 25.4 Å². The van der Waals surface area contributed by atoms with E-state index < -0.39 is 12.0 Å². The highest BCUT2D eigenvalue weighted by molar-refractivity contribution is 5.73. The molecule has 5 heteroatoms. The van der Waals surface area contributed by atoms with E-state index >= 15 is 0 Å². The van der Waals surface area contributed by atoms with Gasteiger partial charge in [0.15, 0.2) is 0 Å². The number of aromatic nitrogens is 2. The molecule has 0 bridgehead atoms. The van der Waals surface area contributed by atoms with Crippen molar-refractivity contribution < 1.29 is 9.90 Å². The van der Waals surface area contributed by atoms with Crippen LogP contribution in [0.1, 0.15) is 31.7 Å². The van der Waals surface area contributed by atoms with Crippen molar-refractivity contribution in [2.45, 2.75) is 39.4 Å². The van der Waals surface area contributed by atoms with Gasteiger partial charge in [0, 0.05) is 25.5 Å². The van der Waals surface area contributed by atoms with Crippen LogP contribution >= 0.6 is 0 Å². The summed E-state index contributed by atoms with van der Waals surface area (Å²) >= 11 is 0. The number of hydrogen-bond donors (Lipinski definition) is 1. The predicted molar refractivity (Wildman–Crippen MR) is 88.6 cm³/mol. The van der Waals surface area contributed by atoms with E-state index in [0.717, 1.165) is 11.4 Å². The van der Waals surface area contributed by atoms with Crippen molar-refractivity contribution in [1.82, 2.24) is 14.9 Å². The lowest BCUT2D eigenvalue weighted by molar-refractivity contribution is -0.144. The zero-order valence-electron chi connectivity index (χ0n) is 13.6. The number of pyridine rings is 2. The molecule has 1 N–H and O–H groups in total. The van der Waals surface area contributed by atoms with Gasteiger partial charge in [-0.3, -0.25) is 19.7 Å². The molecule has 0 aliphatic heterocycles. The maximum Gasteiger partial charge on any atom is 0.320 e. The van der Waals surface area contributed by atoms with Crippen LogP contribution in [0.2, 0.25) is 0 Å². The standard InChI is InChI=1S/C18H23N3O2/c1-14(2)11-17(18(22)23)21(12-15-7-3-5-9-19-15)13-16-8-4-6-10-20-16/h3-10,14,17H,11-13H2,1-2H3,(H,22,23)/t17-/m0/s1. The summed E-state index contributed by atoms with van der Waals surface area (Å²) in [6.07, 6.45) is 4.05. The van der Waals surface area contributed by atoms with Gasteiger partial charge < -0.3 is 5.11 Å². The molecule has 0 unspecified atom stereocenters. The van der Waals surface area contributed by atoms with Gasteiger partial charge in [0.25, 0.3) is 0 Å². The molecule has 0 aliphatic rings. The summed E-state index contributed by atoms with van der Waals surface area (Å²) in [7, 11) is 0. The van der Waals surface area contributed by atoms with Gasteiger partial charge in [-0.25, -0.2) is 0 Å². The lowest BCUT2D eigenvalue weighted by Crippen LogP contribution is -2.41. The molecule has 5 nitrogen and oxygen atoms in total. The Bertz CT molecular complexity index is 561. The Morgan fingerprint density at radius 3 is 1.91 bits per heavy atom. The first kappa shape index (κ1) is 17.1. The Morgan fingerprint density at radius 2 is 1.57 bits per heavy atom. The number of rotatable bonds is 8. The van der Waals surface area contributed by atoms with Crippen LogP contribution in [0.4, 0.5) is 0 Å². The van der Waals surface area contributed by atoms with Crippen LogP contribution in [0, 0.1) is 5.92 Å². The zero-order valence-corrected chi connectivity index (χ0v) is 13.6. The summed E-state index contributed by atoms with van der Waals surface area (Å²) in [5, 5.41) is 9.67. The minimum Gasteiger partial charge on any atom is -0.480 e. The van der Waals surface area contributed by atoms with Crippen molar-refractivity contribution in [3.05, 3.63) is 60.2 Å². The van der Waals surface area contributed by atoms with Crippen molar-refractivity contribution in [3.63, 3.8) is 0 Å². The van der Waals surface area contributed by atoms with Crippen LogP contribution in [0.3, 0.4) is 0 Å². The molecule has 0 radical (unpaired) electrons. The second kappa shape index (κ2) is 8.39. The number of carbonyl (C=O) groups is 1. The van der Waals surface area contributed by atoms with Gasteiger partial charge in [-0.1, -0.05) is 26.0 Å². The molecule has 1 atom stereocenters. The van der Waals surface area contributed by atoms with E-state index in [1.54, 1.807) is 12.4 Å². The van der Waals surface area contributed by atoms with Crippen molar-refractivity contribution in [2.24, 2.45) is 5.92 Å². The third-order valence-electron chi connectivity index (χ3n) is 3.60. The van der Waals surface area contributed by atoms with Crippen molar-refractivity contribution in [2.75, 3.05) is 0 Å². The average molecular weight is 313 g/mol. The minimum atomic E-state index is -0.800. The third-order valence-corrected chi connectivity index (χ3v) is 3.60. The molecule has 2 rings (SSSR count). The molecule has 2 heterocycles. The van der Waals surface area contributed by atoms with Crippen LogP contribution in [0.25, 0.3) is 0 Å². The minimum absolute atomic E-state index is 0.297. The molecule has 122 valence electrons. The molecular formula is C18H23N3O2. The topological polar surface area (TPSA) is 66.3 Å². The summed E-state index contributed by atoms with van der Waals surface area (Å²) in [6, 6.07) is 10.8. The van der Waals surface area contributed by atoms with Gasteiger partial charge in [0.05, 0.1) is 11.4 Å². The molecule has 2 aromatic heterocycles. The van der Waals surface area contributed by atoms with Crippen molar-refractivity contribution >= 4 is 5.97 Å². The summed E-state index contributed by atoms with van der Waals surface area (Å²) in [4.78, 5) is 22.4. The van der Waals surface area contributed by atoms with Crippen LogP contribution in [0.5, 0.6) is 0 Å². The number of carboxylic acids is 1. The van der Waals surface area contributed by atoms with Gasteiger partial charge in [0.1, 0.15) is 6.04 Å². The maximum atomic E-state index is 11.8. The Balaban J connectivity index is 2.23. The summed E-state index contributed by atoms with van der Waals surface area (Å²) < 4.78 is 0. The molecule has 0 amide bonds. The van der Waals surface area contributed by atoms with Gasteiger partial charge in [-0.05, 0) is 36.6 Å². The van der Waals surface area contributed by atoms with E-state index in [2.05, 4.69) is 9.97 Å². The third kappa shape index (κ3) is 5.45. The van der Waals surface area contributed by atoms with Crippen LogP contribution in [-0.2, 0) is 17.9 Å². The molecular weight excluding hydrogens is 290 g/mol. The molecule has 0 spiro atoms. The smallest absolute Gasteiger partial charge is 0.320 e. The fourth-order valence-corrected chi connectivity index (χ4v) is 2.53. The molecule has 0 saturated heterocycles. The largest absolute Gasteiger partial charge is 0.480 e. The fraction of sp³-hybridized carbons (Fsp3) is 0.389. The lowest BCUT2D eigenvalue weighted by atomic mass is 10.0. The van der Waals surface area contributed by atoms with Gasteiger partial charge in [0.2, 0.25) is 0 Å². The van der Waals surface area contributed by atoms with Gasteiger partial charge in [-0.15, -0.1) is 0 Å². The number of hydrogen-bond acceptors (Lipinski definition) is 4. The first-order valence-corrected chi connectivity index (χ1v) is 7.83. The van der Waals surface area contributed by atoms with E-state index in [4.69, 9.17) is 0 Å². The molecule has 0 aromatic carbocycles. The zero-order chi connectivity index (χ0) is 16.7. The number of aliphatic carboxylic acids is 1. The van der Waals surface area contributed by atoms with Crippen molar-refractivity contribution in [1.29, 1.82) is 0 Å². The summed E-state index contributed by atoms with van der Waals surface area (Å²) in [5.41, 5.74) is 1.72. The summed E-state index contributed by atoms with van der Waals surface area (Å²) in [5.74, 6) is -0.503. The van der Waals surface area contributed by atoms with Gasteiger partial charge >= 0.3 is 5.97 Å². The highest BCUT2D eigenvalue weighted by atomic mass is 16.4. The maximum absolute atomic E-state index is 11.8. The second-order valence-electron chi connectivity index (χ2n) is 6.03. The fourth-order valence-electron chi connectivity index (χ4n) is 2.53. The average Bonchev–Trinajstić information content (AvgIpc) is 2.53. The normalized spacial score (nSPS) is 12.5. The molecule has 2 aromatic rings. The Kier molecular flexibility index (Phi) is 6.23. The highest BCUT2D eigenvalue weighted by Gasteiger charge is 2.27. The van der Waals surface area contributed by atoms with Crippen LogP contribution < -0.4 is 0 Å². The first-order valence-electron chi connectivity index (χ1n) is 7.83. The van der Waals surface area contributed by atoms with Gasteiger partial charge in [-0.2, -0.15) is 0 Å². The van der Waals surface area contributed by atoms with E-state index in [1.807, 2.05) is 55.1 Å². The molecule has 0 fully saturated rings. The van der Waals surface area contributed by atoms with Crippen LogP contribution in [-0.4, -0.2) is 32.0 Å². The SMILES string of the molecule is CC(C)C[C@@H](C(=O)O)N(Cc1ccccn1)Cc1ccccn1. The number of nitrogens with zero attached hydrogens (tertiary/aromatic N) is 3. The number of carboxylic acid groups (broad SMARTS) is 1. The highest BCUT2D eigenvalue weighted by Crippen LogP contribution is 2.17. The second-order valence-corrected chi connectivity index (χ2v) is 6.03.